The fourth-order valence-electron chi connectivity index (χ4n) is 6.43. The fourth-order valence-corrected chi connectivity index (χ4v) is 6.43. The Balaban J connectivity index is 2.27. The van der Waals surface area contributed by atoms with Gasteiger partial charge in [-0.3, -0.25) is 47.9 Å². The monoisotopic (exact) mass is 956 g/mol. The molecule has 0 saturated heterocycles. The largest absolute Gasteiger partial charge is 0.481 e. The zero-order chi connectivity index (χ0) is 51.2. The van der Waals surface area contributed by atoms with E-state index in [1.807, 2.05) is 0 Å². The lowest BCUT2D eigenvalue weighted by molar-refractivity contribution is -0.143. The maximum Gasteiger partial charge on any atom is 0.326 e. The van der Waals surface area contributed by atoms with Crippen LogP contribution in [0.5, 0.6) is 0 Å². The molecule has 0 fully saturated rings. The summed E-state index contributed by atoms with van der Waals surface area (Å²) < 4.78 is 0. The quantitative estimate of drug-likeness (QED) is 0.0400. The van der Waals surface area contributed by atoms with Crippen LogP contribution >= 0.6 is 0 Å². The van der Waals surface area contributed by atoms with E-state index >= 15 is 0 Å². The Bertz CT molecular complexity index is 2110. The number of amides is 8. The average molecular weight is 957 g/mol. The lowest BCUT2D eigenvalue weighted by atomic mass is 10.0. The minimum atomic E-state index is -1.91. The Labute approximate surface area is 390 Å². The maximum atomic E-state index is 13.8. The molecule has 0 radical (unpaired) electrons. The Morgan fingerprint density at radius 2 is 0.868 bits per heavy atom. The van der Waals surface area contributed by atoms with Crippen LogP contribution in [0.4, 0.5) is 0 Å². The molecule has 0 aliphatic carbocycles. The van der Waals surface area contributed by atoms with Gasteiger partial charge in [-0.1, -0.05) is 74.5 Å². The van der Waals surface area contributed by atoms with E-state index in [1.54, 1.807) is 74.5 Å². The molecule has 0 aromatic heterocycles. The first-order chi connectivity index (χ1) is 31.9. The zero-order valence-electron chi connectivity index (χ0n) is 38.0. The predicted molar refractivity (Wildman–Crippen MR) is 237 cm³/mol. The van der Waals surface area contributed by atoms with Gasteiger partial charge in [-0.2, -0.15) is 0 Å². The third-order valence-electron chi connectivity index (χ3n) is 9.87. The number of aliphatic carboxylic acids is 3. The van der Waals surface area contributed by atoms with E-state index in [4.69, 9.17) is 0 Å². The second-order valence-electron chi connectivity index (χ2n) is 16.2. The molecule has 372 valence electrons. The third kappa shape index (κ3) is 20.0. The molecule has 68 heavy (non-hydrogen) atoms. The number of aliphatic hydroxyl groups is 2. The summed E-state index contributed by atoms with van der Waals surface area (Å²) in [5.74, 6) is -13.3. The van der Waals surface area contributed by atoms with E-state index in [1.165, 1.54) is 0 Å². The molecular weight excluding hydrogens is 897 g/mol. The van der Waals surface area contributed by atoms with Gasteiger partial charge in [0.2, 0.25) is 47.3 Å². The van der Waals surface area contributed by atoms with Crippen molar-refractivity contribution in [1.82, 2.24) is 42.5 Å². The van der Waals surface area contributed by atoms with Crippen molar-refractivity contribution in [3.63, 3.8) is 0 Å². The molecule has 2 rings (SSSR count). The Hall–Kier alpha value is -7.47. The molecule has 0 aliphatic heterocycles. The first-order valence-corrected chi connectivity index (χ1v) is 21.3. The van der Waals surface area contributed by atoms with Crippen molar-refractivity contribution < 1.29 is 78.3 Å². The summed E-state index contributed by atoms with van der Waals surface area (Å²) in [5.41, 5.74) is 1.07. The van der Waals surface area contributed by atoms with Crippen LogP contribution in [0.15, 0.2) is 60.7 Å². The van der Waals surface area contributed by atoms with Crippen LogP contribution in [-0.2, 0) is 65.6 Å². The van der Waals surface area contributed by atoms with E-state index in [-0.39, 0.29) is 25.2 Å². The predicted octanol–water partition coefficient (Wildman–Crippen LogP) is -3.16. The van der Waals surface area contributed by atoms with Gasteiger partial charge in [-0.15, -0.1) is 0 Å². The summed E-state index contributed by atoms with van der Waals surface area (Å²) in [5, 5.41) is 67.3. The Kier molecular flexibility index (Phi) is 23.2. The van der Waals surface area contributed by atoms with E-state index in [0.29, 0.717) is 11.1 Å². The topological polar surface area (TPSA) is 385 Å². The maximum absolute atomic E-state index is 13.8. The molecule has 9 atom stereocenters. The summed E-state index contributed by atoms with van der Waals surface area (Å²) in [7, 11) is 0. The van der Waals surface area contributed by atoms with Crippen molar-refractivity contribution in [3.05, 3.63) is 71.8 Å². The highest BCUT2D eigenvalue weighted by atomic mass is 16.4. The van der Waals surface area contributed by atoms with Gasteiger partial charge >= 0.3 is 17.9 Å². The van der Waals surface area contributed by atoms with E-state index in [0.717, 1.165) is 20.8 Å². The zero-order valence-corrected chi connectivity index (χ0v) is 38.0. The van der Waals surface area contributed by atoms with Gasteiger partial charge in [-0.05, 0) is 37.3 Å². The molecule has 0 heterocycles. The molecule has 24 heteroatoms. The van der Waals surface area contributed by atoms with Crippen molar-refractivity contribution in [2.24, 2.45) is 5.92 Å². The lowest BCUT2D eigenvalue weighted by Crippen LogP contribution is -2.62. The molecule has 0 bridgehead atoms. The van der Waals surface area contributed by atoms with Gasteiger partial charge in [0.05, 0.1) is 25.6 Å². The molecule has 0 aliphatic rings. The van der Waals surface area contributed by atoms with Crippen LogP contribution in [0.2, 0.25) is 0 Å². The van der Waals surface area contributed by atoms with Gasteiger partial charge in [0.15, 0.2) is 0 Å². The molecular formula is C44H60N8O16. The second kappa shape index (κ2) is 27.9. The number of hydrogen-bond acceptors (Lipinski definition) is 13. The number of benzene rings is 2. The van der Waals surface area contributed by atoms with Gasteiger partial charge in [0.1, 0.15) is 48.3 Å². The average Bonchev–Trinajstić information content (AvgIpc) is 3.25. The number of nitrogens with one attached hydrogen (secondary N) is 8. The number of carboxylic acid groups (broad SMARTS) is 3. The Morgan fingerprint density at radius 1 is 0.471 bits per heavy atom. The molecule has 2 aromatic rings. The smallest absolute Gasteiger partial charge is 0.326 e. The minimum absolute atomic E-state index is 0.141. The van der Waals surface area contributed by atoms with Crippen LogP contribution in [0.3, 0.4) is 0 Å². The molecule has 0 unspecified atom stereocenters. The van der Waals surface area contributed by atoms with Gasteiger partial charge in [0.25, 0.3) is 0 Å². The molecule has 13 N–H and O–H groups in total. The van der Waals surface area contributed by atoms with Crippen LogP contribution in [0.25, 0.3) is 0 Å². The van der Waals surface area contributed by atoms with Gasteiger partial charge < -0.3 is 68.1 Å². The number of aliphatic hydroxyl groups excluding tert-OH is 2. The van der Waals surface area contributed by atoms with Crippen molar-refractivity contribution >= 4 is 65.2 Å². The van der Waals surface area contributed by atoms with E-state index in [9.17, 15) is 78.3 Å². The fraction of sp³-hybridized carbons (Fsp3) is 0.477. The number of rotatable bonds is 28. The van der Waals surface area contributed by atoms with Crippen LogP contribution < -0.4 is 42.5 Å². The second-order valence-corrected chi connectivity index (χ2v) is 16.2. The number of carbonyl (C=O) groups excluding carboxylic acids is 8. The highest BCUT2D eigenvalue weighted by molar-refractivity contribution is 5.99. The summed E-state index contributed by atoms with van der Waals surface area (Å²) in [6.07, 6.45) is -4.19. The molecule has 2 aromatic carbocycles. The molecule has 0 spiro atoms. The highest BCUT2D eigenvalue weighted by Crippen LogP contribution is 2.10. The van der Waals surface area contributed by atoms with E-state index in [2.05, 4.69) is 42.5 Å². The van der Waals surface area contributed by atoms with Gasteiger partial charge in [0, 0.05) is 19.8 Å². The van der Waals surface area contributed by atoms with Crippen LogP contribution in [-0.4, -0.2) is 152 Å². The van der Waals surface area contributed by atoms with Crippen molar-refractivity contribution in [2.45, 2.75) is 121 Å². The summed E-state index contributed by atoms with van der Waals surface area (Å²) >= 11 is 0. The molecule has 24 nitrogen and oxygen atoms in total. The van der Waals surface area contributed by atoms with Crippen molar-refractivity contribution in [2.75, 3.05) is 6.61 Å². The summed E-state index contributed by atoms with van der Waals surface area (Å²) in [6.45, 7) is 5.83. The first-order valence-electron chi connectivity index (χ1n) is 21.3. The number of carboxylic acids is 3. The molecule has 0 saturated carbocycles. The normalized spacial score (nSPS) is 14.9. The van der Waals surface area contributed by atoms with E-state index < -0.39 is 139 Å². The number of carbonyl (C=O) groups is 11. The molecule has 8 amide bonds. The van der Waals surface area contributed by atoms with Crippen molar-refractivity contribution in [3.8, 4) is 0 Å². The first kappa shape index (κ1) is 56.7. The standard InChI is InChI=1S/C44H60N8O16/c1-22(2)16-28(50-43(66)36(24(4)54)52-41(64)29(17-26-12-8-6-9-13-26)48-42(65)33(21-53)46-25(5)55)39(62)49-30(19-34(56)57)38(61)45-23(3)37(60)47-31(20-35(58)59)40(63)51-32(44(67)68)18-27-14-10-7-11-15-27/h6-15,22-24,28-33,36,53-54H,16-21H2,1-5H3,(H,45,61)(H,46,55)(H,47,60)(H,48,65)(H,49,62)(H,50,66)(H,51,63)(H,52,64)(H,56,57)(H,58,59)(H,67,68)/t23-,24-,28-,29-,30-,31-,32-,33-,36-/m0/s1. The van der Waals surface area contributed by atoms with Crippen molar-refractivity contribution in [1.29, 1.82) is 0 Å². The van der Waals surface area contributed by atoms with Gasteiger partial charge in [-0.25, -0.2) is 4.79 Å². The third-order valence-corrected chi connectivity index (χ3v) is 9.87. The summed E-state index contributed by atoms with van der Waals surface area (Å²) in [6, 6.07) is 3.33. The lowest BCUT2D eigenvalue weighted by Gasteiger charge is -2.28. The van der Waals surface area contributed by atoms with Crippen LogP contribution in [0.1, 0.15) is 65.0 Å². The van der Waals surface area contributed by atoms with Crippen LogP contribution in [0, 0.1) is 5.92 Å². The number of hydrogen-bond donors (Lipinski definition) is 13. The summed E-state index contributed by atoms with van der Waals surface area (Å²) in [4.78, 5) is 141. The highest BCUT2D eigenvalue weighted by Gasteiger charge is 2.36. The SMILES string of the molecule is CC(=O)N[C@@H](CO)C(=O)N[C@@H](Cc1ccccc1)C(=O)N[C@H](C(=O)N[C@@H](CC(C)C)C(=O)N[C@@H](CC(=O)O)C(=O)N[C@@H](C)C(=O)N[C@@H](CC(=O)O)C(=O)N[C@@H](Cc1ccccc1)C(=O)O)[C@H](C)O. The Morgan fingerprint density at radius 3 is 1.31 bits per heavy atom. The minimum Gasteiger partial charge on any atom is -0.481 e.